The van der Waals surface area contributed by atoms with Crippen LogP contribution in [0.4, 0.5) is 5.69 Å². The van der Waals surface area contributed by atoms with Gasteiger partial charge in [-0.05, 0) is 48.6 Å². The Morgan fingerprint density at radius 1 is 0.875 bits per heavy atom. The van der Waals surface area contributed by atoms with Crippen LogP contribution in [0.2, 0.25) is 0 Å². The van der Waals surface area contributed by atoms with Gasteiger partial charge in [0.05, 0.1) is 5.69 Å². The van der Waals surface area contributed by atoms with E-state index in [2.05, 4.69) is 5.32 Å². The zero-order chi connectivity index (χ0) is 29.3. The van der Waals surface area contributed by atoms with Crippen molar-refractivity contribution in [3.05, 3.63) is 101 Å². The predicted molar refractivity (Wildman–Crippen MR) is 160 cm³/mol. The van der Waals surface area contributed by atoms with Gasteiger partial charge >= 0.3 is 10.2 Å². The summed E-state index contributed by atoms with van der Waals surface area (Å²) in [4.78, 5) is 29.3. The molecule has 0 aromatic heterocycles. The molecule has 0 aliphatic rings. The van der Waals surface area contributed by atoms with Crippen molar-refractivity contribution in [3.8, 4) is 0 Å². The molecule has 3 rings (SSSR count). The third-order valence-corrected chi connectivity index (χ3v) is 8.47. The minimum atomic E-state index is -4.03. The molecule has 1 unspecified atom stereocenters. The number of anilines is 1. The molecule has 0 heterocycles. The van der Waals surface area contributed by atoms with E-state index in [9.17, 15) is 18.0 Å². The Balaban J connectivity index is 2.09. The highest BCUT2D eigenvalue weighted by Gasteiger charge is 2.35. The van der Waals surface area contributed by atoms with E-state index in [0.29, 0.717) is 18.7 Å². The fourth-order valence-corrected chi connectivity index (χ4v) is 5.50. The van der Waals surface area contributed by atoms with Crippen molar-refractivity contribution in [1.82, 2.24) is 14.5 Å². The highest BCUT2D eigenvalue weighted by atomic mass is 32.2. The summed E-state index contributed by atoms with van der Waals surface area (Å²) >= 11 is 0. The van der Waals surface area contributed by atoms with Crippen LogP contribution in [0, 0.1) is 13.8 Å². The maximum atomic E-state index is 14.2. The van der Waals surface area contributed by atoms with Crippen LogP contribution >= 0.6 is 0 Å². The average Bonchev–Trinajstić information content (AvgIpc) is 2.94. The van der Waals surface area contributed by atoms with Gasteiger partial charge < -0.3 is 10.2 Å². The minimum absolute atomic E-state index is 0.152. The first-order chi connectivity index (χ1) is 19.0. The van der Waals surface area contributed by atoms with Crippen molar-refractivity contribution in [2.75, 3.05) is 31.5 Å². The number of carbonyl (C=O) groups excluding carboxylic acids is 2. The lowest BCUT2D eigenvalue weighted by Gasteiger charge is -2.35. The van der Waals surface area contributed by atoms with Crippen LogP contribution < -0.4 is 9.62 Å². The van der Waals surface area contributed by atoms with Crippen molar-refractivity contribution in [2.24, 2.45) is 0 Å². The summed E-state index contributed by atoms with van der Waals surface area (Å²) in [5.74, 6) is -0.744. The molecule has 0 spiro atoms. The van der Waals surface area contributed by atoms with Crippen molar-refractivity contribution < 1.29 is 18.0 Å². The Morgan fingerprint density at radius 2 is 1.48 bits per heavy atom. The number of nitrogens with zero attached hydrogens (tertiary/aromatic N) is 3. The SMILES string of the molecule is CCCNC(=O)C(Cc1ccccc1)N(Cc1ccccc1)C(=O)CN(c1cc(C)ccc1C)S(=O)(=O)N(C)C. The third-order valence-electron chi connectivity index (χ3n) is 6.67. The van der Waals surface area contributed by atoms with Gasteiger partial charge in [-0.1, -0.05) is 79.7 Å². The monoisotopic (exact) mass is 564 g/mol. The van der Waals surface area contributed by atoms with Crippen molar-refractivity contribution in [2.45, 2.75) is 46.2 Å². The fraction of sp³-hybridized carbons (Fsp3) is 0.355. The van der Waals surface area contributed by atoms with Gasteiger partial charge in [-0.2, -0.15) is 12.7 Å². The van der Waals surface area contributed by atoms with Gasteiger partial charge in [0.2, 0.25) is 11.8 Å². The molecule has 214 valence electrons. The Bertz CT molecular complexity index is 1380. The van der Waals surface area contributed by atoms with Gasteiger partial charge in [0, 0.05) is 33.6 Å². The van der Waals surface area contributed by atoms with Crippen molar-refractivity contribution in [3.63, 3.8) is 0 Å². The summed E-state index contributed by atoms with van der Waals surface area (Å²) in [6.07, 6.45) is 1.04. The van der Waals surface area contributed by atoms with E-state index in [-0.39, 0.29) is 12.5 Å². The molecule has 40 heavy (non-hydrogen) atoms. The molecule has 2 amide bonds. The standard InChI is InChI=1S/C31H40N4O4S/c1-6-19-32-31(37)29(21-26-13-9-7-10-14-26)34(22-27-15-11-8-12-16-27)30(36)23-35(40(38,39)33(4)5)28-20-24(2)17-18-25(28)3/h7-18,20,29H,6,19,21-23H2,1-5H3,(H,32,37). The minimum Gasteiger partial charge on any atom is -0.354 e. The van der Waals surface area contributed by atoms with Crippen LogP contribution in [-0.2, 0) is 32.8 Å². The van der Waals surface area contributed by atoms with Crippen molar-refractivity contribution >= 4 is 27.7 Å². The van der Waals surface area contributed by atoms with Crippen LogP contribution in [0.25, 0.3) is 0 Å². The summed E-state index contributed by atoms with van der Waals surface area (Å²) < 4.78 is 29.3. The summed E-state index contributed by atoms with van der Waals surface area (Å²) in [7, 11) is -1.15. The quantitative estimate of drug-likeness (QED) is 0.339. The molecule has 0 aliphatic heterocycles. The van der Waals surface area contributed by atoms with E-state index in [4.69, 9.17) is 0 Å². The maximum absolute atomic E-state index is 14.2. The second kappa shape index (κ2) is 14.1. The first kappa shape index (κ1) is 30.8. The number of amides is 2. The zero-order valence-electron chi connectivity index (χ0n) is 24.0. The molecule has 0 fully saturated rings. The summed E-state index contributed by atoms with van der Waals surface area (Å²) in [5, 5.41) is 2.95. The van der Waals surface area contributed by atoms with Gasteiger partial charge in [-0.3, -0.25) is 9.59 Å². The lowest BCUT2D eigenvalue weighted by atomic mass is 10.0. The molecule has 1 atom stereocenters. The second-order valence-corrected chi connectivity index (χ2v) is 12.2. The van der Waals surface area contributed by atoms with Gasteiger partial charge in [0.15, 0.2) is 0 Å². The van der Waals surface area contributed by atoms with Gasteiger partial charge in [-0.25, -0.2) is 4.31 Å². The van der Waals surface area contributed by atoms with Crippen LogP contribution in [0.5, 0.6) is 0 Å². The molecule has 1 N–H and O–H groups in total. The number of hydrogen-bond donors (Lipinski definition) is 1. The molecule has 3 aromatic carbocycles. The average molecular weight is 565 g/mol. The number of aryl methyl sites for hydroxylation is 2. The van der Waals surface area contributed by atoms with E-state index in [1.807, 2.05) is 93.6 Å². The van der Waals surface area contributed by atoms with Gasteiger partial charge in [0.1, 0.15) is 12.6 Å². The number of hydrogen-bond acceptors (Lipinski definition) is 4. The molecule has 0 saturated heterocycles. The molecule has 9 heteroatoms. The molecule has 0 radical (unpaired) electrons. The van der Waals surface area contributed by atoms with Crippen LogP contribution in [0.15, 0.2) is 78.9 Å². The first-order valence-electron chi connectivity index (χ1n) is 13.5. The van der Waals surface area contributed by atoms with E-state index >= 15 is 0 Å². The van der Waals surface area contributed by atoms with Crippen molar-refractivity contribution in [1.29, 1.82) is 0 Å². The number of rotatable bonds is 13. The highest BCUT2D eigenvalue weighted by Crippen LogP contribution is 2.26. The topological polar surface area (TPSA) is 90.0 Å². The second-order valence-electron chi connectivity index (χ2n) is 10.1. The number of nitrogens with one attached hydrogen (secondary N) is 1. The summed E-state index contributed by atoms with van der Waals surface area (Å²) in [6, 6.07) is 23.6. The maximum Gasteiger partial charge on any atom is 0.304 e. The molecule has 3 aromatic rings. The van der Waals surface area contributed by atoms with Crippen LogP contribution in [0.3, 0.4) is 0 Å². The molecular formula is C31H40N4O4S. The smallest absolute Gasteiger partial charge is 0.304 e. The Morgan fingerprint density at radius 3 is 2.05 bits per heavy atom. The summed E-state index contributed by atoms with van der Waals surface area (Å²) in [6.45, 7) is 5.83. The van der Waals surface area contributed by atoms with Gasteiger partial charge in [-0.15, -0.1) is 0 Å². The third kappa shape index (κ3) is 7.92. The Kier molecular flexibility index (Phi) is 10.9. The van der Waals surface area contributed by atoms with Crippen LogP contribution in [0.1, 0.15) is 35.6 Å². The summed E-state index contributed by atoms with van der Waals surface area (Å²) in [5.41, 5.74) is 3.76. The molecule has 0 aliphatic carbocycles. The largest absolute Gasteiger partial charge is 0.354 e. The van der Waals surface area contributed by atoms with Gasteiger partial charge in [0.25, 0.3) is 0 Å². The van der Waals surface area contributed by atoms with Crippen LogP contribution in [-0.4, -0.2) is 62.7 Å². The normalized spacial score (nSPS) is 12.2. The van der Waals surface area contributed by atoms with E-state index in [1.165, 1.54) is 19.0 Å². The first-order valence-corrected chi connectivity index (χ1v) is 14.9. The lowest BCUT2D eigenvalue weighted by Crippen LogP contribution is -2.54. The van der Waals surface area contributed by atoms with E-state index in [0.717, 1.165) is 37.3 Å². The lowest BCUT2D eigenvalue weighted by molar-refractivity contribution is -0.140. The van der Waals surface area contributed by atoms with E-state index < -0.39 is 28.7 Å². The molecule has 0 bridgehead atoms. The number of benzene rings is 3. The zero-order valence-corrected chi connectivity index (χ0v) is 24.8. The fourth-order valence-electron chi connectivity index (χ4n) is 4.39. The highest BCUT2D eigenvalue weighted by molar-refractivity contribution is 7.90. The molecule has 8 nitrogen and oxygen atoms in total. The Labute approximate surface area is 238 Å². The number of carbonyl (C=O) groups is 2. The molecule has 0 saturated carbocycles. The van der Waals surface area contributed by atoms with E-state index in [1.54, 1.807) is 6.07 Å². The predicted octanol–water partition coefficient (Wildman–Crippen LogP) is 4.08. The Hall–Kier alpha value is -3.69. The molecular weight excluding hydrogens is 524 g/mol.